The Morgan fingerprint density at radius 2 is 2.00 bits per heavy atom. The van der Waals surface area contributed by atoms with E-state index < -0.39 is 0 Å². The third kappa shape index (κ3) is 3.38. The molecule has 0 aliphatic rings. The van der Waals surface area contributed by atoms with Crippen LogP contribution in [0.25, 0.3) is 10.9 Å². The SMILES string of the molecule is Nc1cccc(NC(=O)CSc2cc3ccccc3[nH]2)c1. The van der Waals surface area contributed by atoms with Crippen molar-refractivity contribution in [2.75, 3.05) is 16.8 Å². The molecule has 4 N–H and O–H groups in total. The van der Waals surface area contributed by atoms with Gasteiger partial charge in [-0.2, -0.15) is 0 Å². The van der Waals surface area contributed by atoms with E-state index in [1.165, 1.54) is 11.8 Å². The van der Waals surface area contributed by atoms with Crippen LogP contribution in [-0.4, -0.2) is 16.6 Å². The summed E-state index contributed by atoms with van der Waals surface area (Å²) in [6.07, 6.45) is 0. The normalized spacial score (nSPS) is 10.7. The maximum Gasteiger partial charge on any atom is 0.234 e. The van der Waals surface area contributed by atoms with E-state index in [0.29, 0.717) is 11.4 Å². The number of para-hydroxylation sites is 1. The van der Waals surface area contributed by atoms with Gasteiger partial charge in [0.15, 0.2) is 0 Å². The average Bonchev–Trinajstić information content (AvgIpc) is 2.88. The summed E-state index contributed by atoms with van der Waals surface area (Å²) >= 11 is 1.48. The van der Waals surface area contributed by atoms with Crippen LogP contribution in [0.2, 0.25) is 0 Å². The standard InChI is InChI=1S/C16H15N3OS/c17-12-5-3-6-13(9-12)18-15(20)10-21-16-8-11-4-1-2-7-14(11)19-16/h1-9,19H,10,17H2,(H,18,20). The lowest BCUT2D eigenvalue weighted by Gasteiger charge is -2.05. The van der Waals surface area contributed by atoms with Crippen LogP contribution in [0.4, 0.5) is 11.4 Å². The Hall–Kier alpha value is -2.40. The molecule has 0 atom stereocenters. The molecule has 5 heteroatoms. The highest BCUT2D eigenvalue weighted by Crippen LogP contribution is 2.23. The summed E-state index contributed by atoms with van der Waals surface area (Å²) in [5.41, 5.74) is 8.12. The maximum absolute atomic E-state index is 11.9. The Kier molecular flexibility index (Phi) is 3.83. The van der Waals surface area contributed by atoms with Crippen molar-refractivity contribution in [1.29, 1.82) is 0 Å². The number of aromatic amines is 1. The zero-order valence-corrected chi connectivity index (χ0v) is 12.1. The molecule has 3 aromatic rings. The summed E-state index contributed by atoms with van der Waals surface area (Å²) in [6, 6.07) is 17.3. The fraction of sp³-hybridized carbons (Fsp3) is 0.0625. The largest absolute Gasteiger partial charge is 0.399 e. The quantitative estimate of drug-likeness (QED) is 0.510. The Labute approximate surface area is 126 Å². The van der Waals surface area contributed by atoms with Crippen LogP contribution in [0.1, 0.15) is 0 Å². The van der Waals surface area contributed by atoms with E-state index in [4.69, 9.17) is 5.73 Å². The molecule has 0 spiro atoms. The van der Waals surface area contributed by atoms with Gasteiger partial charge in [0.25, 0.3) is 0 Å². The fourth-order valence-corrected chi connectivity index (χ4v) is 2.83. The number of H-pyrrole nitrogens is 1. The van der Waals surface area contributed by atoms with E-state index in [0.717, 1.165) is 21.6 Å². The maximum atomic E-state index is 11.9. The summed E-state index contributed by atoms with van der Waals surface area (Å²) in [7, 11) is 0. The zero-order chi connectivity index (χ0) is 14.7. The lowest BCUT2D eigenvalue weighted by atomic mass is 10.3. The van der Waals surface area contributed by atoms with E-state index in [1.54, 1.807) is 12.1 Å². The number of benzene rings is 2. The Balaban J connectivity index is 1.60. The van der Waals surface area contributed by atoms with Crippen molar-refractivity contribution in [2.45, 2.75) is 5.03 Å². The summed E-state index contributed by atoms with van der Waals surface area (Å²) in [5.74, 6) is 0.297. The van der Waals surface area contributed by atoms with Gasteiger partial charge < -0.3 is 16.0 Å². The second kappa shape index (κ2) is 5.93. The van der Waals surface area contributed by atoms with Crippen molar-refractivity contribution >= 4 is 39.9 Å². The second-order valence-electron chi connectivity index (χ2n) is 4.68. The van der Waals surface area contributed by atoms with E-state index in [2.05, 4.69) is 10.3 Å². The molecule has 21 heavy (non-hydrogen) atoms. The molecule has 0 unspecified atom stereocenters. The van der Waals surface area contributed by atoms with Gasteiger partial charge in [-0.1, -0.05) is 36.0 Å². The molecule has 0 fully saturated rings. The number of hydrogen-bond donors (Lipinski definition) is 3. The van der Waals surface area contributed by atoms with Crippen molar-refractivity contribution in [3.05, 3.63) is 54.6 Å². The Bertz CT molecular complexity index is 749. The summed E-state index contributed by atoms with van der Waals surface area (Å²) < 4.78 is 0. The number of carbonyl (C=O) groups is 1. The molecular weight excluding hydrogens is 282 g/mol. The first kappa shape index (κ1) is 13.6. The van der Waals surface area contributed by atoms with Crippen molar-refractivity contribution in [2.24, 2.45) is 0 Å². The second-order valence-corrected chi connectivity index (χ2v) is 5.70. The molecule has 1 heterocycles. The molecule has 0 radical (unpaired) electrons. The van der Waals surface area contributed by atoms with Crippen LogP contribution < -0.4 is 11.1 Å². The predicted molar refractivity (Wildman–Crippen MR) is 88.5 cm³/mol. The van der Waals surface area contributed by atoms with Crippen molar-refractivity contribution < 1.29 is 4.79 Å². The molecular formula is C16H15N3OS. The van der Waals surface area contributed by atoms with Crippen molar-refractivity contribution in [3.63, 3.8) is 0 Å². The van der Waals surface area contributed by atoms with Crippen LogP contribution in [0, 0.1) is 0 Å². The molecule has 3 rings (SSSR count). The summed E-state index contributed by atoms with van der Waals surface area (Å²) in [6.45, 7) is 0. The predicted octanol–water partition coefficient (Wildman–Crippen LogP) is 3.48. The summed E-state index contributed by atoms with van der Waals surface area (Å²) in [4.78, 5) is 15.2. The first-order chi connectivity index (χ1) is 10.2. The first-order valence-electron chi connectivity index (χ1n) is 6.57. The van der Waals surface area contributed by atoms with Gasteiger partial charge >= 0.3 is 0 Å². The number of nitrogen functional groups attached to an aromatic ring is 1. The monoisotopic (exact) mass is 297 g/mol. The molecule has 106 valence electrons. The number of nitrogens with two attached hydrogens (primary N) is 1. The average molecular weight is 297 g/mol. The lowest BCUT2D eigenvalue weighted by Crippen LogP contribution is -2.14. The van der Waals surface area contributed by atoms with Crippen molar-refractivity contribution in [1.82, 2.24) is 4.98 Å². The number of amides is 1. The van der Waals surface area contributed by atoms with E-state index in [9.17, 15) is 4.79 Å². The van der Waals surface area contributed by atoms with E-state index in [1.807, 2.05) is 42.5 Å². The van der Waals surface area contributed by atoms with Gasteiger partial charge in [0, 0.05) is 22.3 Å². The molecule has 0 saturated carbocycles. The van der Waals surface area contributed by atoms with E-state index in [-0.39, 0.29) is 5.91 Å². The van der Waals surface area contributed by atoms with Crippen LogP contribution >= 0.6 is 11.8 Å². The fourth-order valence-electron chi connectivity index (χ4n) is 2.08. The van der Waals surface area contributed by atoms with Gasteiger partial charge in [0.05, 0.1) is 10.8 Å². The third-order valence-electron chi connectivity index (χ3n) is 3.03. The number of fused-ring (bicyclic) bond motifs is 1. The van der Waals surface area contributed by atoms with Gasteiger partial charge in [0.1, 0.15) is 0 Å². The number of aromatic nitrogens is 1. The number of anilines is 2. The van der Waals surface area contributed by atoms with E-state index >= 15 is 0 Å². The molecule has 0 aliphatic carbocycles. The number of hydrogen-bond acceptors (Lipinski definition) is 3. The smallest absolute Gasteiger partial charge is 0.234 e. The van der Waals surface area contributed by atoms with Crippen LogP contribution in [0.3, 0.4) is 0 Å². The number of nitrogens with one attached hydrogen (secondary N) is 2. The molecule has 2 aromatic carbocycles. The Morgan fingerprint density at radius 3 is 2.81 bits per heavy atom. The first-order valence-corrected chi connectivity index (χ1v) is 7.55. The highest BCUT2D eigenvalue weighted by Gasteiger charge is 2.06. The van der Waals surface area contributed by atoms with Gasteiger partial charge in [-0.05, 0) is 30.3 Å². The van der Waals surface area contributed by atoms with Gasteiger partial charge in [-0.15, -0.1) is 0 Å². The van der Waals surface area contributed by atoms with Crippen LogP contribution in [0.15, 0.2) is 59.6 Å². The Morgan fingerprint density at radius 1 is 1.14 bits per heavy atom. The molecule has 1 amide bonds. The van der Waals surface area contributed by atoms with Crippen LogP contribution in [0.5, 0.6) is 0 Å². The van der Waals surface area contributed by atoms with Crippen LogP contribution in [-0.2, 0) is 4.79 Å². The number of thioether (sulfide) groups is 1. The molecule has 0 saturated heterocycles. The zero-order valence-electron chi connectivity index (χ0n) is 11.3. The minimum atomic E-state index is -0.0516. The molecule has 0 bridgehead atoms. The van der Waals surface area contributed by atoms with Gasteiger partial charge in [0.2, 0.25) is 5.91 Å². The van der Waals surface area contributed by atoms with Gasteiger partial charge in [-0.25, -0.2) is 0 Å². The topological polar surface area (TPSA) is 70.9 Å². The van der Waals surface area contributed by atoms with Gasteiger partial charge in [-0.3, -0.25) is 4.79 Å². The molecule has 0 aliphatic heterocycles. The number of carbonyl (C=O) groups excluding carboxylic acids is 1. The molecule has 1 aromatic heterocycles. The molecule has 4 nitrogen and oxygen atoms in total. The minimum Gasteiger partial charge on any atom is -0.399 e. The summed E-state index contributed by atoms with van der Waals surface area (Å²) in [5, 5.41) is 4.97. The number of rotatable bonds is 4. The van der Waals surface area contributed by atoms with Crippen molar-refractivity contribution in [3.8, 4) is 0 Å². The highest BCUT2D eigenvalue weighted by atomic mass is 32.2. The third-order valence-corrected chi connectivity index (χ3v) is 3.97. The minimum absolute atomic E-state index is 0.0516. The highest BCUT2D eigenvalue weighted by molar-refractivity contribution is 7.99. The lowest BCUT2D eigenvalue weighted by molar-refractivity contribution is -0.113.